The Morgan fingerprint density at radius 1 is 1.00 bits per heavy atom. The summed E-state index contributed by atoms with van der Waals surface area (Å²) in [7, 11) is 0. The van der Waals surface area contributed by atoms with Crippen molar-refractivity contribution >= 4 is 22.4 Å². The predicted octanol–water partition coefficient (Wildman–Crippen LogP) is 5.11. The number of benzene rings is 2. The number of nitrogens with zero attached hydrogens (tertiary/aromatic N) is 3. The first-order valence-electron chi connectivity index (χ1n) is 10.3. The van der Waals surface area contributed by atoms with Crippen LogP contribution in [0.2, 0.25) is 0 Å². The molecule has 0 aliphatic carbocycles. The quantitative estimate of drug-likeness (QED) is 0.507. The molecule has 0 amide bonds. The summed E-state index contributed by atoms with van der Waals surface area (Å²) in [5.41, 5.74) is 5.70. The van der Waals surface area contributed by atoms with Crippen LogP contribution in [0.4, 0.5) is 15.9 Å². The van der Waals surface area contributed by atoms with Gasteiger partial charge in [-0.05, 0) is 54.3 Å². The van der Waals surface area contributed by atoms with E-state index in [0.717, 1.165) is 54.9 Å². The Morgan fingerprint density at radius 2 is 1.87 bits per heavy atom. The molecule has 30 heavy (non-hydrogen) atoms. The molecule has 0 saturated heterocycles. The number of rotatable bonds is 5. The molecule has 4 aromatic rings. The average Bonchev–Trinajstić information content (AvgIpc) is 2.79. The van der Waals surface area contributed by atoms with E-state index in [1.807, 2.05) is 42.7 Å². The van der Waals surface area contributed by atoms with E-state index in [4.69, 9.17) is 0 Å². The van der Waals surface area contributed by atoms with Gasteiger partial charge in [0.2, 0.25) is 0 Å². The van der Waals surface area contributed by atoms with Crippen LogP contribution in [0.15, 0.2) is 73.1 Å². The van der Waals surface area contributed by atoms with Crippen LogP contribution < -0.4 is 5.32 Å². The average molecular weight is 398 g/mol. The number of anilines is 2. The Bertz CT molecular complexity index is 1170. The highest BCUT2D eigenvalue weighted by Gasteiger charge is 2.19. The third-order valence-electron chi connectivity index (χ3n) is 5.71. The molecule has 1 aliphatic heterocycles. The van der Waals surface area contributed by atoms with E-state index >= 15 is 0 Å². The number of hydrogen-bond donors (Lipinski definition) is 1. The Labute approximate surface area is 175 Å². The van der Waals surface area contributed by atoms with Crippen LogP contribution in [0, 0.1) is 5.82 Å². The lowest BCUT2D eigenvalue weighted by Gasteiger charge is -2.29. The summed E-state index contributed by atoms with van der Waals surface area (Å²) in [6.45, 7) is 2.86. The molecular formula is C25H23FN4. The minimum atomic E-state index is -0.181. The van der Waals surface area contributed by atoms with Crippen molar-refractivity contribution in [3.8, 4) is 0 Å². The maximum Gasteiger partial charge on any atom is 0.133 e. The summed E-state index contributed by atoms with van der Waals surface area (Å²) in [6, 6.07) is 19.1. The fourth-order valence-electron chi connectivity index (χ4n) is 4.06. The highest BCUT2D eigenvalue weighted by molar-refractivity contribution is 5.82. The molecule has 5 rings (SSSR count). The fraction of sp³-hybridized carbons (Fsp3) is 0.200. The van der Waals surface area contributed by atoms with Gasteiger partial charge >= 0.3 is 0 Å². The largest absolute Gasteiger partial charge is 0.339 e. The fourth-order valence-corrected chi connectivity index (χ4v) is 4.06. The second-order valence-corrected chi connectivity index (χ2v) is 7.74. The number of fused-ring (bicyclic) bond motifs is 2. The summed E-state index contributed by atoms with van der Waals surface area (Å²) in [5, 5.41) is 4.58. The number of hydrogen-bond acceptors (Lipinski definition) is 4. The van der Waals surface area contributed by atoms with Gasteiger partial charge in [-0.2, -0.15) is 0 Å². The number of nitrogens with one attached hydrogen (secondary N) is 1. The van der Waals surface area contributed by atoms with Crippen molar-refractivity contribution in [1.82, 2.24) is 14.9 Å². The van der Waals surface area contributed by atoms with E-state index in [1.165, 1.54) is 28.8 Å². The number of para-hydroxylation sites is 1. The molecule has 0 spiro atoms. The normalized spacial score (nSPS) is 13.9. The molecule has 0 unspecified atom stereocenters. The maximum absolute atomic E-state index is 13.1. The standard InChI is InChI=1S/C25H23FN4/c26-21-7-5-18(6-8-21)10-13-30-14-11-23-20(17-30)9-12-27-25(23)29-22-15-19-3-1-2-4-24(19)28-16-22/h1-9,12,15-16H,10-11,13-14,17H2,(H,27,29). The van der Waals surface area contributed by atoms with Crippen molar-refractivity contribution in [2.45, 2.75) is 19.4 Å². The first-order valence-corrected chi connectivity index (χ1v) is 10.3. The van der Waals surface area contributed by atoms with Crippen LogP contribution in [0.1, 0.15) is 16.7 Å². The molecule has 5 heteroatoms. The van der Waals surface area contributed by atoms with Gasteiger partial charge in [-0.25, -0.2) is 9.37 Å². The summed E-state index contributed by atoms with van der Waals surface area (Å²) in [5.74, 6) is 0.738. The van der Waals surface area contributed by atoms with Gasteiger partial charge in [-0.15, -0.1) is 0 Å². The lowest BCUT2D eigenvalue weighted by Crippen LogP contribution is -2.32. The topological polar surface area (TPSA) is 41.1 Å². The third kappa shape index (κ3) is 4.02. The second kappa shape index (κ2) is 8.20. The maximum atomic E-state index is 13.1. The second-order valence-electron chi connectivity index (χ2n) is 7.74. The molecule has 150 valence electrons. The number of aromatic nitrogens is 2. The molecule has 0 fully saturated rings. The summed E-state index contributed by atoms with van der Waals surface area (Å²) in [6.07, 6.45) is 5.62. The summed E-state index contributed by atoms with van der Waals surface area (Å²) in [4.78, 5) is 11.6. The Hall–Kier alpha value is -3.31. The minimum absolute atomic E-state index is 0.181. The molecular weight excluding hydrogens is 375 g/mol. The molecule has 4 nitrogen and oxygen atoms in total. The van der Waals surface area contributed by atoms with Crippen molar-refractivity contribution in [3.63, 3.8) is 0 Å². The first kappa shape index (κ1) is 18.7. The number of pyridine rings is 2. The Morgan fingerprint density at radius 3 is 2.77 bits per heavy atom. The van der Waals surface area contributed by atoms with E-state index in [-0.39, 0.29) is 5.82 Å². The predicted molar refractivity (Wildman–Crippen MR) is 118 cm³/mol. The molecule has 0 atom stereocenters. The van der Waals surface area contributed by atoms with Gasteiger partial charge in [0.1, 0.15) is 11.6 Å². The van der Waals surface area contributed by atoms with Crippen molar-refractivity contribution < 1.29 is 4.39 Å². The minimum Gasteiger partial charge on any atom is -0.339 e. The van der Waals surface area contributed by atoms with Gasteiger partial charge < -0.3 is 5.32 Å². The van der Waals surface area contributed by atoms with Crippen molar-refractivity contribution in [3.05, 3.63) is 95.6 Å². The van der Waals surface area contributed by atoms with Crippen LogP contribution in [0.25, 0.3) is 10.9 Å². The van der Waals surface area contributed by atoms with Crippen molar-refractivity contribution in [2.24, 2.45) is 0 Å². The molecule has 2 aromatic carbocycles. The van der Waals surface area contributed by atoms with E-state index in [9.17, 15) is 4.39 Å². The molecule has 0 radical (unpaired) electrons. The van der Waals surface area contributed by atoms with Crippen LogP contribution in [-0.2, 0) is 19.4 Å². The van der Waals surface area contributed by atoms with E-state index in [0.29, 0.717) is 0 Å². The van der Waals surface area contributed by atoms with Gasteiger partial charge in [0.05, 0.1) is 17.4 Å². The van der Waals surface area contributed by atoms with Crippen molar-refractivity contribution in [1.29, 1.82) is 0 Å². The molecule has 2 aromatic heterocycles. The SMILES string of the molecule is Fc1ccc(CCN2CCc3c(ccnc3Nc3cnc4ccccc4c3)C2)cc1. The monoisotopic (exact) mass is 398 g/mol. The van der Waals surface area contributed by atoms with Gasteiger partial charge in [0.15, 0.2) is 0 Å². The van der Waals surface area contributed by atoms with Crippen LogP contribution in [0.5, 0.6) is 0 Å². The van der Waals surface area contributed by atoms with Crippen LogP contribution in [0.3, 0.4) is 0 Å². The Balaban J connectivity index is 1.29. The zero-order valence-electron chi connectivity index (χ0n) is 16.7. The zero-order chi connectivity index (χ0) is 20.3. The van der Waals surface area contributed by atoms with Crippen molar-refractivity contribution in [2.75, 3.05) is 18.4 Å². The lowest BCUT2D eigenvalue weighted by atomic mass is 10.00. The van der Waals surface area contributed by atoms with E-state index < -0.39 is 0 Å². The molecule has 0 bridgehead atoms. The van der Waals surface area contributed by atoms with Crippen LogP contribution in [-0.4, -0.2) is 28.0 Å². The molecule has 3 heterocycles. The van der Waals surface area contributed by atoms with Gasteiger partial charge in [0, 0.05) is 36.8 Å². The van der Waals surface area contributed by atoms with Gasteiger partial charge in [-0.3, -0.25) is 9.88 Å². The highest BCUT2D eigenvalue weighted by atomic mass is 19.1. The molecule has 0 saturated carbocycles. The van der Waals surface area contributed by atoms with Gasteiger partial charge in [-0.1, -0.05) is 30.3 Å². The third-order valence-corrected chi connectivity index (χ3v) is 5.71. The Kier molecular flexibility index (Phi) is 5.11. The van der Waals surface area contributed by atoms with E-state index in [2.05, 4.69) is 38.4 Å². The molecule has 1 N–H and O–H groups in total. The van der Waals surface area contributed by atoms with E-state index in [1.54, 1.807) is 0 Å². The molecule has 1 aliphatic rings. The summed E-state index contributed by atoms with van der Waals surface area (Å²) >= 11 is 0. The summed E-state index contributed by atoms with van der Waals surface area (Å²) < 4.78 is 13.1. The smallest absolute Gasteiger partial charge is 0.133 e. The first-order chi connectivity index (χ1) is 14.7. The van der Waals surface area contributed by atoms with Crippen LogP contribution >= 0.6 is 0 Å². The lowest BCUT2D eigenvalue weighted by molar-refractivity contribution is 0.257. The zero-order valence-corrected chi connectivity index (χ0v) is 16.7. The van der Waals surface area contributed by atoms with Gasteiger partial charge in [0.25, 0.3) is 0 Å². The number of halogens is 1. The highest BCUT2D eigenvalue weighted by Crippen LogP contribution is 2.27.